The lowest BCUT2D eigenvalue weighted by Crippen LogP contribution is -2.63. The minimum atomic E-state index is -4.92. The second-order valence-corrected chi connectivity index (χ2v) is 4.52. The highest BCUT2D eigenvalue weighted by molar-refractivity contribution is 5.85. The van der Waals surface area contributed by atoms with Crippen molar-refractivity contribution in [2.45, 2.75) is 24.9 Å². The molecule has 0 atom stereocenters. The third-order valence-corrected chi connectivity index (χ3v) is 3.22. The summed E-state index contributed by atoms with van der Waals surface area (Å²) in [6.45, 7) is 0.501. The fourth-order valence-electron chi connectivity index (χ4n) is 2.29. The fourth-order valence-corrected chi connectivity index (χ4v) is 2.29. The number of nitrogens with one attached hydrogen (secondary N) is 1. The van der Waals surface area contributed by atoms with E-state index in [0.717, 1.165) is 4.90 Å². The summed E-state index contributed by atoms with van der Waals surface area (Å²) in [5.74, 6) is -4.63. The summed E-state index contributed by atoms with van der Waals surface area (Å²) in [6.07, 6.45) is -7.79. The van der Waals surface area contributed by atoms with Crippen molar-refractivity contribution in [3.8, 4) is 0 Å². The highest BCUT2D eigenvalue weighted by atomic mass is 19.4. The molecule has 98 valence electrons. The molecular formula is C9H11F5N2O. The predicted octanol–water partition coefficient (Wildman–Crippen LogP) is 1.35. The number of carbonyl (C=O) groups is 1. The van der Waals surface area contributed by atoms with Crippen LogP contribution in [0.4, 0.5) is 22.0 Å². The van der Waals surface area contributed by atoms with Gasteiger partial charge >= 0.3 is 6.18 Å². The van der Waals surface area contributed by atoms with Crippen molar-refractivity contribution in [3.63, 3.8) is 0 Å². The van der Waals surface area contributed by atoms with Crippen molar-refractivity contribution in [3.05, 3.63) is 0 Å². The van der Waals surface area contributed by atoms with Crippen molar-refractivity contribution in [1.82, 2.24) is 10.2 Å². The van der Waals surface area contributed by atoms with Gasteiger partial charge in [-0.3, -0.25) is 10.1 Å². The molecular weight excluding hydrogens is 247 g/mol. The summed E-state index contributed by atoms with van der Waals surface area (Å²) < 4.78 is 63.9. The SMILES string of the molecule is O=C(N1CCNC1)C1(C(F)(F)F)CC(F)(F)C1. The first-order chi connectivity index (χ1) is 7.68. The van der Waals surface area contributed by atoms with Gasteiger partial charge in [0.25, 0.3) is 5.92 Å². The number of halogens is 5. The first-order valence-electron chi connectivity index (χ1n) is 5.13. The summed E-state index contributed by atoms with van der Waals surface area (Å²) in [5.41, 5.74) is -2.89. The normalized spacial score (nSPS) is 26.8. The highest BCUT2D eigenvalue weighted by Gasteiger charge is 2.74. The number of alkyl halides is 5. The van der Waals surface area contributed by atoms with Crippen LogP contribution >= 0.6 is 0 Å². The van der Waals surface area contributed by atoms with Gasteiger partial charge in [-0.15, -0.1) is 0 Å². The molecule has 1 saturated carbocycles. The van der Waals surface area contributed by atoms with Crippen molar-refractivity contribution < 1.29 is 26.7 Å². The maximum absolute atomic E-state index is 12.8. The van der Waals surface area contributed by atoms with Crippen LogP contribution in [0.1, 0.15) is 12.8 Å². The van der Waals surface area contributed by atoms with Crippen LogP contribution in [0.5, 0.6) is 0 Å². The molecule has 8 heteroatoms. The molecule has 3 nitrogen and oxygen atoms in total. The topological polar surface area (TPSA) is 32.3 Å². The van der Waals surface area contributed by atoms with E-state index in [9.17, 15) is 26.7 Å². The van der Waals surface area contributed by atoms with E-state index in [4.69, 9.17) is 0 Å². The molecule has 0 spiro atoms. The van der Waals surface area contributed by atoms with E-state index in [2.05, 4.69) is 5.32 Å². The van der Waals surface area contributed by atoms with E-state index < -0.39 is 36.3 Å². The number of carbonyl (C=O) groups excluding carboxylic acids is 1. The average Bonchev–Trinajstić information content (AvgIpc) is 2.62. The second kappa shape index (κ2) is 3.54. The molecule has 0 bridgehead atoms. The predicted molar refractivity (Wildman–Crippen MR) is 47.3 cm³/mol. The monoisotopic (exact) mass is 258 g/mol. The molecule has 1 aliphatic carbocycles. The lowest BCUT2D eigenvalue weighted by atomic mass is 9.64. The zero-order valence-corrected chi connectivity index (χ0v) is 8.78. The molecule has 2 aliphatic rings. The van der Waals surface area contributed by atoms with Gasteiger partial charge in [-0.25, -0.2) is 8.78 Å². The van der Waals surface area contributed by atoms with E-state index in [0.29, 0.717) is 6.54 Å². The Morgan fingerprint density at radius 2 is 1.82 bits per heavy atom. The van der Waals surface area contributed by atoms with Gasteiger partial charge < -0.3 is 4.90 Å². The van der Waals surface area contributed by atoms with E-state index in [-0.39, 0.29) is 13.2 Å². The van der Waals surface area contributed by atoms with Crippen LogP contribution in [0.25, 0.3) is 0 Å². The van der Waals surface area contributed by atoms with Crippen LogP contribution in [0.3, 0.4) is 0 Å². The Hall–Kier alpha value is -0.920. The number of nitrogens with zero attached hydrogens (tertiary/aromatic N) is 1. The summed E-state index contributed by atoms with van der Waals surface area (Å²) >= 11 is 0. The molecule has 2 fully saturated rings. The fraction of sp³-hybridized carbons (Fsp3) is 0.889. The molecule has 0 aromatic rings. The van der Waals surface area contributed by atoms with Gasteiger partial charge in [-0.2, -0.15) is 13.2 Å². The Kier molecular flexibility index (Phi) is 2.61. The molecule has 17 heavy (non-hydrogen) atoms. The number of amides is 1. The lowest BCUT2D eigenvalue weighted by Gasteiger charge is -2.47. The highest BCUT2D eigenvalue weighted by Crippen LogP contribution is 2.60. The van der Waals surface area contributed by atoms with E-state index in [1.54, 1.807) is 0 Å². The number of hydrogen-bond acceptors (Lipinski definition) is 2. The van der Waals surface area contributed by atoms with Gasteiger partial charge in [0, 0.05) is 25.9 Å². The number of hydrogen-bond donors (Lipinski definition) is 1. The molecule has 1 heterocycles. The molecule has 0 aromatic carbocycles. The first kappa shape index (κ1) is 12.5. The maximum Gasteiger partial charge on any atom is 0.403 e. The minimum Gasteiger partial charge on any atom is -0.328 e. The summed E-state index contributed by atoms with van der Waals surface area (Å²) in [6, 6.07) is 0. The summed E-state index contributed by atoms with van der Waals surface area (Å²) in [5, 5.41) is 2.70. The molecule has 1 aliphatic heterocycles. The quantitative estimate of drug-likeness (QED) is 0.720. The van der Waals surface area contributed by atoms with Gasteiger partial charge in [0.1, 0.15) is 0 Å². The average molecular weight is 258 g/mol. The van der Waals surface area contributed by atoms with Gasteiger partial charge in [-0.05, 0) is 0 Å². The second-order valence-electron chi connectivity index (χ2n) is 4.52. The van der Waals surface area contributed by atoms with Gasteiger partial charge in [0.05, 0.1) is 6.67 Å². The van der Waals surface area contributed by atoms with Crippen LogP contribution in [-0.2, 0) is 4.79 Å². The van der Waals surface area contributed by atoms with Crippen molar-refractivity contribution in [1.29, 1.82) is 0 Å². The third-order valence-electron chi connectivity index (χ3n) is 3.22. The molecule has 0 unspecified atom stereocenters. The maximum atomic E-state index is 12.8. The Bertz CT molecular complexity index is 327. The molecule has 0 radical (unpaired) electrons. The molecule has 1 N–H and O–H groups in total. The minimum absolute atomic E-state index is 0.0117. The molecule has 2 rings (SSSR count). The Morgan fingerprint density at radius 1 is 1.24 bits per heavy atom. The van der Waals surface area contributed by atoms with E-state index in [1.807, 2.05) is 0 Å². The Morgan fingerprint density at radius 3 is 2.18 bits per heavy atom. The smallest absolute Gasteiger partial charge is 0.328 e. The Balaban J connectivity index is 2.21. The van der Waals surface area contributed by atoms with Crippen LogP contribution in [0.15, 0.2) is 0 Å². The van der Waals surface area contributed by atoms with E-state index >= 15 is 0 Å². The molecule has 1 amide bonds. The summed E-state index contributed by atoms with van der Waals surface area (Å²) in [4.78, 5) is 12.7. The standard InChI is InChI=1S/C9H11F5N2O/c10-8(11)3-7(4-8,9(12,13)14)6(17)16-2-1-15-5-16/h15H,1-5H2. The van der Waals surface area contributed by atoms with Crippen LogP contribution in [0, 0.1) is 5.41 Å². The Labute approximate surface area is 93.9 Å². The van der Waals surface area contributed by atoms with Crippen LogP contribution in [0.2, 0.25) is 0 Å². The molecule has 1 saturated heterocycles. The summed E-state index contributed by atoms with van der Waals surface area (Å²) in [7, 11) is 0. The van der Waals surface area contributed by atoms with Crippen molar-refractivity contribution in [2.24, 2.45) is 5.41 Å². The van der Waals surface area contributed by atoms with Crippen molar-refractivity contribution >= 4 is 5.91 Å². The zero-order chi connectivity index (χ0) is 12.9. The van der Waals surface area contributed by atoms with Gasteiger partial charge in [0.2, 0.25) is 5.91 Å². The molecule has 0 aromatic heterocycles. The van der Waals surface area contributed by atoms with Gasteiger partial charge in [0.15, 0.2) is 5.41 Å². The third kappa shape index (κ3) is 1.88. The largest absolute Gasteiger partial charge is 0.403 e. The van der Waals surface area contributed by atoms with E-state index in [1.165, 1.54) is 0 Å². The van der Waals surface area contributed by atoms with Gasteiger partial charge in [-0.1, -0.05) is 0 Å². The van der Waals surface area contributed by atoms with Crippen LogP contribution < -0.4 is 5.32 Å². The number of rotatable bonds is 1. The first-order valence-corrected chi connectivity index (χ1v) is 5.13. The zero-order valence-electron chi connectivity index (χ0n) is 8.78. The van der Waals surface area contributed by atoms with Crippen LogP contribution in [-0.4, -0.2) is 42.7 Å². The van der Waals surface area contributed by atoms with Crippen molar-refractivity contribution in [2.75, 3.05) is 19.8 Å². The lowest BCUT2D eigenvalue weighted by molar-refractivity contribution is -0.299.